The Morgan fingerprint density at radius 1 is 1.58 bits per heavy atom. The number of rotatable bonds is 3. The van der Waals surface area contributed by atoms with E-state index in [1.807, 2.05) is 6.92 Å². The van der Waals surface area contributed by atoms with Crippen LogP contribution < -0.4 is 5.32 Å². The van der Waals surface area contributed by atoms with E-state index in [4.69, 9.17) is 4.74 Å². The number of carbonyl (C=O) groups is 1. The molecule has 1 saturated heterocycles. The third-order valence-corrected chi connectivity index (χ3v) is 3.76. The molecule has 19 heavy (non-hydrogen) atoms. The van der Waals surface area contributed by atoms with Crippen LogP contribution in [-0.4, -0.2) is 23.5 Å². The minimum Gasteiger partial charge on any atom is -0.378 e. The summed E-state index contributed by atoms with van der Waals surface area (Å²) in [5.74, 6) is -0.292. The summed E-state index contributed by atoms with van der Waals surface area (Å²) in [5.41, 5.74) is 0.497. The number of hydrogen-bond donors (Lipinski definition) is 1. The molecule has 0 saturated carbocycles. The Morgan fingerprint density at radius 2 is 2.32 bits per heavy atom. The molecule has 1 fully saturated rings. The molecule has 0 aliphatic carbocycles. The van der Waals surface area contributed by atoms with E-state index in [1.54, 1.807) is 0 Å². The Bertz CT molecular complexity index is 520. The van der Waals surface area contributed by atoms with Gasteiger partial charge in [0.25, 0.3) is 5.69 Å². The first-order valence-electron chi connectivity index (χ1n) is 5.85. The van der Waals surface area contributed by atoms with Crippen molar-refractivity contribution >= 4 is 33.2 Å². The van der Waals surface area contributed by atoms with Crippen LogP contribution in [-0.2, 0) is 9.53 Å². The van der Waals surface area contributed by atoms with Crippen molar-refractivity contribution in [3.63, 3.8) is 0 Å². The number of nitro benzene ring substituents is 1. The summed E-state index contributed by atoms with van der Waals surface area (Å²) in [7, 11) is 0. The number of anilines is 1. The lowest BCUT2D eigenvalue weighted by Gasteiger charge is -2.14. The number of hydrogen-bond acceptors (Lipinski definition) is 4. The first-order valence-corrected chi connectivity index (χ1v) is 6.64. The van der Waals surface area contributed by atoms with Crippen molar-refractivity contribution < 1.29 is 14.5 Å². The number of amides is 1. The van der Waals surface area contributed by atoms with Gasteiger partial charge in [0.05, 0.1) is 21.4 Å². The quantitative estimate of drug-likeness (QED) is 0.683. The summed E-state index contributed by atoms with van der Waals surface area (Å²) in [4.78, 5) is 22.2. The van der Waals surface area contributed by atoms with Gasteiger partial charge in [-0.3, -0.25) is 14.9 Å². The predicted molar refractivity (Wildman–Crippen MR) is 72.9 cm³/mol. The van der Waals surface area contributed by atoms with E-state index < -0.39 is 4.92 Å². The Morgan fingerprint density at radius 3 is 2.84 bits per heavy atom. The molecule has 0 radical (unpaired) electrons. The molecule has 0 spiro atoms. The van der Waals surface area contributed by atoms with E-state index in [0.717, 1.165) is 0 Å². The van der Waals surface area contributed by atoms with Gasteiger partial charge in [-0.05, 0) is 41.4 Å². The summed E-state index contributed by atoms with van der Waals surface area (Å²) < 4.78 is 5.68. The Hall–Kier alpha value is -1.47. The maximum absolute atomic E-state index is 12.0. The van der Waals surface area contributed by atoms with Crippen molar-refractivity contribution in [3.05, 3.63) is 32.8 Å². The molecule has 2 rings (SSSR count). The number of carbonyl (C=O) groups excluding carboxylic acids is 1. The molecule has 1 N–H and O–H groups in total. The van der Waals surface area contributed by atoms with Crippen LogP contribution in [0.25, 0.3) is 0 Å². The van der Waals surface area contributed by atoms with Gasteiger partial charge in [0.1, 0.15) is 0 Å². The zero-order valence-electron chi connectivity index (χ0n) is 10.3. The highest BCUT2D eigenvalue weighted by atomic mass is 79.9. The topological polar surface area (TPSA) is 81.5 Å². The van der Waals surface area contributed by atoms with Gasteiger partial charge >= 0.3 is 0 Å². The van der Waals surface area contributed by atoms with Crippen LogP contribution in [0.2, 0.25) is 0 Å². The fourth-order valence-electron chi connectivity index (χ4n) is 2.04. The predicted octanol–water partition coefficient (Wildman–Crippen LogP) is 2.72. The Kier molecular flexibility index (Phi) is 4.16. The van der Waals surface area contributed by atoms with Crippen molar-refractivity contribution in [2.24, 2.45) is 5.92 Å². The first-order chi connectivity index (χ1) is 8.99. The van der Waals surface area contributed by atoms with Crippen LogP contribution in [0.1, 0.15) is 13.3 Å². The lowest BCUT2D eigenvalue weighted by Crippen LogP contribution is -2.27. The molecule has 1 heterocycles. The number of nitro groups is 1. The molecule has 0 aromatic heterocycles. The standard InChI is InChI=1S/C12H13BrN2O4/c1-7-9(4-5-19-7)12(16)14-8-2-3-11(15(17)18)10(13)6-8/h2-3,6-7,9H,4-5H2,1H3,(H,14,16)/t7-,9-/m0/s1. The fraction of sp³-hybridized carbons (Fsp3) is 0.417. The highest BCUT2D eigenvalue weighted by Gasteiger charge is 2.30. The maximum atomic E-state index is 12.0. The fourth-order valence-corrected chi connectivity index (χ4v) is 2.57. The van der Waals surface area contributed by atoms with E-state index >= 15 is 0 Å². The molecule has 2 atom stereocenters. The zero-order valence-corrected chi connectivity index (χ0v) is 11.8. The summed E-state index contributed by atoms with van der Waals surface area (Å²) in [6, 6.07) is 4.39. The Balaban J connectivity index is 2.09. The summed E-state index contributed by atoms with van der Waals surface area (Å²) >= 11 is 3.12. The average molecular weight is 329 g/mol. The van der Waals surface area contributed by atoms with Crippen molar-refractivity contribution in [2.75, 3.05) is 11.9 Å². The lowest BCUT2D eigenvalue weighted by atomic mass is 10.0. The normalized spacial score (nSPS) is 22.2. The Labute approximate surface area is 118 Å². The molecular formula is C12H13BrN2O4. The molecule has 102 valence electrons. The van der Waals surface area contributed by atoms with Gasteiger partial charge in [-0.1, -0.05) is 0 Å². The number of ether oxygens (including phenoxy) is 1. The molecule has 0 unspecified atom stereocenters. The van der Waals surface area contributed by atoms with Gasteiger partial charge in [0.2, 0.25) is 5.91 Å². The molecule has 1 aromatic rings. The second kappa shape index (κ2) is 5.66. The van der Waals surface area contributed by atoms with Crippen molar-refractivity contribution in [1.29, 1.82) is 0 Å². The molecule has 1 aliphatic rings. The van der Waals surface area contributed by atoms with Crippen molar-refractivity contribution in [3.8, 4) is 0 Å². The molecule has 0 bridgehead atoms. The largest absolute Gasteiger partial charge is 0.378 e. The monoisotopic (exact) mass is 328 g/mol. The van der Waals surface area contributed by atoms with Gasteiger partial charge in [-0.25, -0.2) is 0 Å². The van der Waals surface area contributed by atoms with Gasteiger partial charge < -0.3 is 10.1 Å². The number of benzene rings is 1. The van der Waals surface area contributed by atoms with Crippen LogP contribution in [0, 0.1) is 16.0 Å². The van der Waals surface area contributed by atoms with E-state index in [9.17, 15) is 14.9 Å². The minimum atomic E-state index is -0.484. The number of nitrogens with one attached hydrogen (secondary N) is 1. The van der Waals surface area contributed by atoms with Crippen LogP contribution in [0.15, 0.2) is 22.7 Å². The number of nitrogens with zero attached hydrogens (tertiary/aromatic N) is 1. The molecule has 1 aromatic carbocycles. The second-order valence-corrected chi connectivity index (χ2v) is 5.24. The van der Waals surface area contributed by atoms with Gasteiger partial charge in [-0.2, -0.15) is 0 Å². The highest BCUT2D eigenvalue weighted by Crippen LogP contribution is 2.28. The first kappa shape index (κ1) is 14.0. The minimum absolute atomic E-state index is 0.0319. The summed E-state index contributed by atoms with van der Waals surface area (Å²) in [6.45, 7) is 2.45. The van der Waals surface area contributed by atoms with E-state index in [2.05, 4.69) is 21.2 Å². The third kappa shape index (κ3) is 3.10. The van der Waals surface area contributed by atoms with E-state index in [0.29, 0.717) is 23.2 Å². The average Bonchev–Trinajstić information content (AvgIpc) is 2.75. The van der Waals surface area contributed by atoms with E-state index in [1.165, 1.54) is 18.2 Å². The number of halogens is 1. The van der Waals surface area contributed by atoms with Gasteiger partial charge in [-0.15, -0.1) is 0 Å². The van der Waals surface area contributed by atoms with Crippen LogP contribution in [0.4, 0.5) is 11.4 Å². The maximum Gasteiger partial charge on any atom is 0.283 e. The molecule has 1 aliphatic heterocycles. The van der Waals surface area contributed by atoms with Crippen LogP contribution in [0.3, 0.4) is 0 Å². The van der Waals surface area contributed by atoms with Crippen LogP contribution in [0.5, 0.6) is 0 Å². The van der Waals surface area contributed by atoms with Gasteiger partial charge in [0.15, 0.2) is 0 Å². The summed E-state index contributed by atoms with van der Waals surface area (Å²) in [6.07, 6.45) is 0.600. The van der Waals surface area contributed by atoms with E-state index in [-0.39, 0.29) is 23.6 Å². The molecule has 6 nitrogen and oxygen atoms in total. The smallest absolute Gasteiger partial charge is 0.283 e. The molecular weight excluding hydrogens is 316 g/mol. The summed E-state index contributed by atoms with van der Waals surface area (Å²) in [5, 5.41) is 13.4. The molecule has 7 heteroatoms. The zero-order chi connectivity index (χ0) is 14.0. The second-order valence-electron chi connectivity index (χ2n) is 4.38. The van der Waals surface area contributed by atoms with Crippen molar-refractivity contribution in [1.82, 2.24) is 0 Å². The highest BCUT2D eigenvalue weighted by molar-refractivity contribution is 9.10. The third-order valence-electron chi connectivity index (χ3n) is 3.12. The SMILES string of the molecule is C[C@@H]1OCC[C@@H]1C(=O)Nc1ccc([N+](=O)[O-])c(Br)c1. The molecule has 1 amide bonds. The lowest BCUT2D eigenvalue weighted by molar-refractivity contribution is -0.385. The van der Waals surface area contributed by atoms with Crippen molar-refractivity contribution in [2.45, 2.75) is 19.4 Å². The van der Waals surface area contributed by atoms with Gasteiger partial charge in [0, 0.05) is 18.4 Å². The van der Waals surface area contributed by atoms with Crippen LogP contribution >= 0.6 is 15.9 Å².